The fraction of sp³-hybridized carbons (Fsp3) is 0.150. The molecule has 0 unspecified atom stereocenters. The van der Waals surface area contributed by atoms with Crippen molar-refractivity contribution in [1.29, 1.82) is 0 Å². The number of hydrogen-bond donors (Lipinski definition) is 2. The van der Waals surface area contributed by atoms with Crippen molar-refractivity contribution in [3.63, 3.8) is 0 Å². The van der Waals surface area contributed by atoms with Crippen LogP contribution < -0.4 is 10.6 Å². The quantitative estimate of drug-likeness (QED) is 0.557. The minimum atomic E-state index is -4.50. The molecule has 3 aromatic rings. The van der Waals surface area contributed by atoms with Crippen LogP contribution in [0.25, 0.3) is 0 Å². The third-order valence-electron chi connectivity index (χ3n) is 4.67. The van der Waals surface area contributed by atoms with Gasteiger partial charge in [0.25, 0.3) is 5.91 Å². The van der Waals surface area contributed by atoms with Gasteiger partial charge in [0, 0.05) is 15.9 Å². The Kier molecular flexibility index (Phi) is 5.10. The van der Waals surface area contributed by atoms with Gasteiger partial charge in [-0.15, -0.1) is 0 Å². The second kappa shape index (κ2) is 7.60. The first kappa shape index (κ1) is 20.1. The van der Waals surface area contributed by atoms with Gasteiger partial charge in [0.2, 0.25) is 5.95 Å². The molecule has 2 N–H and O–H groups in total. The standard InChI is InChI=1S/C20H15BrF3N5O/c1-11-16(18(30)28-15-4-2-3-13(9-15)20(22,23)24)17(12-5-7-14(21)8-6-12)29-19(27-11)25-10-26-29/h2-10,17H,1H3,(H,28,30)(H,25,26,27)/t17-/m1/s1. The van der Waals surface area contributed by atoms with Crippen LogP contribution in [0.5, 0.6) is 0 Å². The summed E-state index contributed by atoms with van der Waals surface area (Å²) in [5.41, 5.74) is 0.852. The molecule has 0 bridgehead atoms. The van der Waals surface area contributed by atoms with Crippen molar-refractivity contribution in [2.45, 2.75) is 19.1 Å². The third kappa shape index (κ3) is 3.82. The van der Waals surface area contributed by atoms with Gasteiger partial charge in [0.05, 0.1) is 11.1 Å². The molecule has 0 radical (unpaired) electrons. The van der Waals surface area contributed by atoms with E-state index in [1.807, 2.05) is 24.3 Å². The normalized spacial score (nSPS) is 16.1. The van der Waals surface area contributed by atoms with Crippen molar-refractivity contribution in [3.05, 3.63) is 81.7 Å². The molecule has 0 spiro atoms. The van der Waals surface area contributed by atoms with Crippen molar-refractivity contribution in [1.82, 2.24) is 14.8 Å². The molecule has 2 heterocycles. The number of aromatic nitrogens is 3. The Balaban J connectivity index is 1.72. The number of rotatable bonds is 3. The van der Waals surface area contributed by atoms with E-state index in [0.29, 0.717) is 17.2 Å². The van der Waals surface area contributed by atoms with E-state index in [1.165, 1.54) is 18.5 Å². The number of carbonyl (C=O) groups is 1. The molecule has 0 fully saturated rings. The van der Waals surface area contributed by atoms with Crippen LogP contribution in [0.3, 0.4) is 0 Å². The van der Waals surface area contributed by atoms with Crippen molar-refractivity contribution in [2.75, 3.05) is 10.6 Å². The maximum absolute atomic E-state index is 13.2. The van der Waals surface area contributed by atoms with E-state index < -0.39 is 23.7 Å². The summed E-state index contributed by atoms with van der Waals surface area (Å²) < 4.78 is 41.5. The number of fused-ring (bicyclic) bond motifs is 1. The van der Waals surface area contributed by atoms with Gasteiger partial charge in [-0.3, -0.25) is 4.79 Å². The average Bonchev–Trinajstić information content (AvgIpc) is 3.15. The SMILES string of the molecule is CC1=C(C(=O)Nc2cccc(C(F)(F)F)c2)[C@@H](c2ccc(Br)cc2)n2ncnc2N1. The lowest BCUT2D eigenvalue weighted by molar-refractivity contribution is -0.137. The van der Waals surface area contributed by atoms with Gasteiger partial charge in [-0.2, -0.15) is 23.3 Å². The number of halogens is 4. The van der Waals surface area contributed by atoms with E-state index >= 15 is 0 Å². The van der Waals surface area contributed by atoms with Crippen LogP contribution in [-0.2, 0) is 11.0 Å². The summed E-state index contributed by atoms with van der Waals surface area (Å²) in [4.78, 5) is 17.3. The van der Waals surface area contributed by atoms with E-state index in [0.717, 1.165) is 22.2 Å². The van der Waals surface area contributed by atoms with E-state index in [-0.39, 0.29) is 5.69 Å². The Hall–Kier alpha value is -3.14. The summed E-state index contributed by atoms with van der Waals surface area (Å²) in [7, 11) is 0. The maximum atomic E-state index is 13.2. The highest BCUT2D eigenvalue weighted by Gasteiger charge is 2.34. The number of anilines is 2. The zero-order chi connectivity index (χ0) is 21.5. The van der Waals surface area contributed by atoms with Gasteiger partial charge >= 0.3 is 6.18 Å². The third-order valence-corrected chi connectivity index (χ3v) is 5.20. The first-order valence-corrected chi connectivity index (χ1v) is 9.64. The summed E-state index contributed by atoms with van der Waals surface area (Å²) in [5, 5.41) is 9.83. The first-order chi connectivity index (χ1) is 14.2. The van der Waals surface area contributed by atoms with Crippen LogP contribution in [-0.4, -0.2) is 20.7 Å². The molecule has 1 amide bonds. The van der Waals surface area contributed by atoms with Crippen LogP contribution in [0.15, 0.2) is 70.6 Å². The molecule has 30 heavy (non-hydrogen) atoms. The molecule has 154 valence electrons. The highest BCUT2D eigenvalue weighted by Crippen LogP contribution is 2.36. The zero-order valence-corrected chi connectivity index (χ0v) is 17.1. The van der Waals surface area contributed by atoms with Crippen molar-refractivity contribution >= 4 is 33.5 Å². The van der Waals surface area contributed by atoms with E-state index in [9.17, 15) is 18.0 Å². The van der Waals surface area contributed by atoms with Crippen LogP contribution in [0.1, 0.15) is 24.1 Å². The lowest BCUT2D eigenvalue weighted by atomic mass is 9.95. The number of nitrogens with one attached hydrogen (secondary N) is 2. The Morgan fingerprint density at radius 3 is 2.63 bits per heavy atom. The van der Waals surface area contributed by atoms with Gasteiger partial charge in [-0.1, -0.05) is 34.1 Å². The molecule has 1 aliphatic rings. The molecular weight excluding hydrogens is 463 g/mol. The zero-order valence-electron chi connectivity index (χ0n) is 15.5. The second-order valence-electron chi connectivity index (χ2n) is 6.68. The van der Waals surface area contributed by atoms with Crippen LogP contribution in [0.2, 0.25) is 0 Å². The Labute approximate surface area is 177 Å². The monoisotopic (exact) mass is 477 g/mol. The average molecular weight is 478 g/mol. The lowest BCUT2D eigenvalue weighted by Gasteiger charge is -2.28. The first-order valence-electron chi connectivity index (χ1n) is 8.85. The van der Waals surface area contributed by atoms with E-state index in [1.54, 1.807) is 11.6 Å². The highest BCUT2D eigenvalue weighted by atomic mass is 79.9. The predicted octanol–water partition coefficient (Wildman–Crippen LogP) is 4.99. The number of allylic oxidation sites excluding steroid dienone is 1. The van der Waals surface area contributed by atoms with Gasteiger partial charge in [-0.05, 0) is 42.8 Å². The highest BCUT2D eigenvalue weighted by molar-refractivity contribution is 9.10. The topological polar surface area (TPSA) is 71.8 Å². The fourth-order valence-electron chi connectivity index (χ4n) is 3.31. The number of amides is 1. The molecule has 0 aliphatic carbocycles. The predicted molar refractivity (Wildman–Crippen MR) is 109 cm³/mol. The summed E-state index contributed by atoms with van der Waals surface area (Å²) in [5.74, 6) is -0.0653. The minimum absolute atomic E-state index is 0.0501. The summed E-state index contributed by atoms with van der Waals surface area (Å²) in [6, 6.07) is 11.3. The molecule has 0 saturated heterocycles. The Morgan fingerprint density at radius 1 is 1.20 bits per heavy atom. The van der Waals surface area contributed by atoms with Gasteiger partial charge < -0.3 is 10.6 Å². The van der Waals surface area contributed by atoms with Gasteiger partial charge in [0.15, 0.2) is 0 Å². The van der Waals surface area contributed by atoms with Crippen molar-refractivity contribution in [2.24, 2.45) is 0 Å². The Bertz CT molecular complexity index is 1140. The van der Waals surface area contributed by atoms with Gasteiger partial charge in [0.1, 0.15) is 12.4 Å². The van der Waals surface area contributed by atoms with Crippen molar-refractivity contribution < 1.29 is 18.0 Å². The molecule has 10 heteroatoms. The molecule has 1 aromatic heterocycles. The minimum Gasteiger partial charge on any atom is -0.328 e. The summed E-state index contributed by atoms with van der Waals surface area (Å²) in [6.07, 6.45) is -3.13. The van der Waals surface area contributed by atoms with Crippen LogP contribution >= 0.6 is 15.9 Å². The van der Waals surface area contributed by atoms with Crippen LogP contribution in [0.4, 0.5) is 24.8 Å². The lowest BCUT2D eigenvalue weighted by Crippen LogP contribution is -2.31. The molecular formula is C20H15BrF3N5O. The molecule has 0 saturated carbocycles. The molecule has 4 rings (SSSR count). The number of alkyl halides is 3. The number of benzene rings is 2. The van der Waals surface area contributed by atoms with Crippen molar-refractivity contribution in [3.8, 4) is 0 Å². The van der Waals surface area contributed by atoms with E-state index in [4.69, 9.17) is 0 Å². The number of nitrogens with zero attached hydrogens (tertiary/aromatic N) is 3. The molecule has 1 atom stereocenters. The van der Waals surface area contributed by atoms with E-state index in [2.05, 4.69) is 36.6 Å². The fourth-order valence-corrected chi connectivity index (χ4v) is 3.57. The summed E-state index contributed by atoms with van der Waals surface area (Å²) >= 11 is 3.39. The number of hydrogen-bond acceptors (Lipinski definition) is 4. The second-order valence-corrected chi connectivity index (χ2v) is 7.59. The molecule has 6 nitrogen and oxygen atoms in total. The molecule has 1 aliphatic heterocycles. The van der Waals surface area contributed by atoms with Gasteiger partial charge in [-0.25, -0.2) is 4.68 Å². The number of carbonyl (C=O) groups excluding carboxylic acids is 1. The summed E-state index contributed by atoms with van der Waals surface area (Å²) in [6.45, 7) is 1.71. The Morgan fingerprint density at radius 2 is 1.93 bits per heavy atom. The smallest absolute Gasteiger partial charge is 0.328 e. The largest absolute Gasteiger partial charge is 0.416 e. The van der Waals surface area contributed by atoms with Crippen LogP contribution in [0, 0.1) is 0 Å². The molecule has 2 aromatic carbocycles. The maximum Gasteiger partial charge on any atom is 0.416 e.